The van der Waals surface area contributed by atoms with Crippen LogP contribution in [0, 0.1) is 6.92 Å². The maximum Gasteiger partial charge on any atom is 0.282 e. The van der Waals surface area contributed by atoms with Crippen LogP contribution in [0.5, 0.6) is 0 Å². The smallest absolute Gasteiger partial charge is 0.282 e. The van der Waals surface area contributed by atoms with Gasteiger partial charge in [0.1, 0.15) is 6.04 Å². The number of halogens is 1. The molecule has 3 N–H and O–H groups in total. The van der Waals surface area contributed by atoms with E-state index in [1.807, 2.05) is 44.2 Å². The number of quaternary nitrogens is 1. The van der Waals surface area contributed by atoms with E-state index in [4.69, 9.17) is 11.6 Å². The van der Waals surface area contributed by atoms with E-state index in [-0.39, 0.29) is 18.0 Å². The summed E-state index contributed by atoms with van der Waals surface area (Å²) >= 11 is 5.99. The third-order valence-corrected chi connectivity index (χ3v) is 4.01. The number of amides is 1. The van der Waals surface area contributed by atoms with Crippen molar-refractivity contribution in [2.75, 3.05) is 5.32 Å². The van der Waals surface area contributed by atoms with E-state index in [9.17, 15) is 4.79 Å². The fourth-order valence-corrected chi connectivity index (χ4v) is 2.54. The highest BCUT2D eigenvalue weighted by Crippen LogP contribution is 2.20. The van der Waals surface area contributed by atoms with Crippen LogP contribution in [0.15, 0.2) is 48.5 Å². The molecule has 0 aromatic heterocycles. The van der Waals surface area contributed by atoms with Crippen molar-refractivity contribution in [1.29, 1.82) is 0 Å². The minimum Gasteiger partial charge on any atom is -0.330 e. The molecule has 4 heteroatoms. The first-order valence-corrected chi connectivity index (χ1v) is 7.82. The monoisotopic (exact) mass is 317 g/mol. The number of anilines is 1. The number of aryl methyl sites for hydroxylation is 1. The summed E-state index contributed by atoms with van der Waals surface area (Å²) in [4.78, 5) is 12.4. The van der Waals surface area contributed by atoms with Crippen molar-refractivity contribution in [2.24, 2.45) is 0 Å². The van der Waals surface area contributed by atoms with E-state index in [0.717, 1.165) is 11.3 Å². The van der Waals surface area contributed by atoms with E-state index >= 15 is 0 Å². The zero-order valence-electron chi connectivity index (χ0n) is 13.1. The molecule has 22 heavy (non-hydrogen) atoms. The molecule has 2 atom stereocenters. The summed E-state index contributed by atoms with van der Waals surface area (Å²) in [5, 5.41) is 5.63. The van der Waals surface area contributed by atoms with Gasteiger partial charge in [-0.25, -0.2) is 0 Å². The predicted molar refractivity (Wildman–Crippen MR) is 91.1 cm³/mol. The van der Waals surface area contributed by atoms with Crippen LogP contribution >= 0.6 is 11.6 Å². The first-order chi connectivity index (χ1) is 10.5. The Hall–Kier alpha value is -1.84. The van der Waals surface area contributed by atoms with Crippen LogP contribution in [0.4, 0.5) is 5.69 Å². The lowest BCUT2D eigenvalue weighted by Crippen LogP contribution is -2.91. The van der Waals surface area contributed by atoms with Gasteiger partial charge in [-0.3, -0.25) is 4.79 Å². The van der Waals surface area contributed by atoms with Gasteiger partial charge in [-0.05, 0) is 38.5 Å². The highest BCUT2D eigenvalue weighted by molar-refractivity contribution is 6.31. The molecule has 0 fully saturated rings. The Balaban J connectivity index is 1.99. The second-order valence-corrected chi connectivity index (χ2v) is 6.07. The predicted octanol–water partition coefficient (Wildman–Crippen LogP) is 3.30. The Labute approximate surface area is 136 Å². The molecule has 2 rings (SSSR count). The molecule has 116 valence electrons. The quantitative estimate of drug-likeness (QED) is 0.873. The van der Waals surface area contributed by atoms with Gasteiger partial charge in [0, 0.05) is 16.3 Å². The van der Waals surface area contributed by atoms with E-state index < -0.39 is 0 Å². The topological polar surface area (TPSA) is 45.7 Å². The number of hydrogen-bond acceptors (Lipinski definition) is 1. The Morgan fingerprint density at radius 3 is 2.50 bits per heavy atom. The van der Waals surface area contributed by atoms with Crippen LogP contribution in [0.2, 0.25) is 5.02 Å². The van der Waals surface area contributed by atoms with Crippen LogP contribution in [0.25, 0.3) is 0 Å². The van der Waals surface area contributed by atoms with E-state index in [1.54, 1.807) is 6.07 Å². The third-order valence-electron chi connectivity index (χ3n) is 3.77. The lowest BCUT2D eigenvalue weighted by molar-refractivity contribution is -0.709. The van der Waals surface area contributed by atoms with Gasteiger partial charge in [0.05, 0.1) is 0 Å². The van der Waals surface area contributed by atoms with Crippen molar-refractivity contribution in [2.45, 2.75) is 32.9 Å². The number of nitrogens with one attached hydrogen (secondary N) is 1. The van der Waals surface area contributed by atoms with Gasteiger partial charge in [-0.2, -0.15) is 0 Å². The molecule has 0 bridgehead atoms. The average molecular weight is 318 g/mol. The summed E-state index contributed by atoms with van der Waals surface area (Å²) in [5.74, 6) is -0.0202. The largest absolute Gasteiger partial charge is 0.330 e. The van der Waals surface area contributed by atoms with Gasteiger partial charge in [0.2, 0.25) is 0 Å². The molecule has 0 aliphatic heterocycles. The first-order valence-electron chi connectivity index (χ1n) is 7.44. The summed E-state index contributed by atoms with van der Waals surface area (Å²) in [6.45, 7) is 5.96. The molecular weight excluding hydrogens is 296 g/mol. The van der Waals surface area contributed by atoms with Gasteiger partial charge in [-0.1, -0.05) is 48.0 Å². The number of nitrogens with two attached hydrogens (primary N) is 1. The molecule has 0 radical (unpaired) electrons. The third kappa shape index (κ3) is 4.33. The van der Waals surface area contributed by atoms with E-state index in [0.29, 0.717) is 5.02 Å². The van der Waals surface area contributed by atoms with Crippen LogP contribution in [0.3, 0.4) is 0 Å². The number of carbonyl (C=O) groups is 1. The number of benzene rings is 2. The molecule has 0 heterocycles. The molecular formula is C18H22ClN2O+. The van der Waals surface area contributed by atoms with Crippen LogP contribution in [-0.4, -0.2) is 11.9 Å². The summed E-state index contributed by atoms with van der Waals surface area (Å²) in [7, 11) is 0. The van der Waals surface area contributed by atoms with Gasteiger partial charge in [0.25, 0.3) is 5.91 Å². The van der Waals surface area contributed by atoms with Crippen molar-refractivity contribution >= 4 is 23.2 Å². The van der Waals surface area contributed by atoms with Gasteiger partial charge in [0.15, 0.2) is 6.04 Å². The van der Waals surface area contributed by atoms with E-state index in [1.165, 1.54) is 5.56 Å². The molecule has 0 saturated heterocycles. The Bertz CT molecular complexity index is 643. The number of carbonyl (C=O) groups excluding carboxylic acids is 1. The molecule has 0 aliphatic carbocycles. The van der Waals surface area contributed by atoms with Crippen molar-refractivity contribution in [3.63, 3.8) is 0 Å². The molecule has 2 aromatic carbocycles. The molecule has 1 amide bonds. The normalized spacial score (nSPS) is 13.5. The minimum absolute atomic E-state index is 0.0202. The SMILES string of the molecule is Cc1ccc(Cl)cc1NC(=O)[C@H](C)[NH2+][C@@H](C)c1ccccc1. The zero-order valence-corrected chi connectivity index (χ0v) is 13.9. The van der Waals surface area contributed by atoms with Crippen molar-refractivity contribution in [1.82, 2.24) is 0 Å². The fraction of sp³-hybridized carbons (Fsp3) is 0.278. The molecule has 0 saturated carbocycles. The maximum atomic E-state index is 12.4. The zero-order chi connectivity index (χ0) is 16.1. The molecule has 3 nitrogen and oxygen atoms in total. The van der Waals surface area contributed by atoms with E-state index in [2.05, 4.69) is 29.7 Å². The summed E-state index contributed by atoms with van der Waals surface area (Å²) in [6, 6.07) is 15.7. The van der Waals surface area contributed by atoms with Gasteiger partial charge >= 0.3 is 0 Å². The van der Waals surface area contributed by atoms with Gasteiger partial charge in [-0.15, -0.1) is 0 Å². The number of hydrogen-bond donors (Lipinski definition) is 2. The van der Waals surface area contributed by atoms with Crippen molar-refractivity contribution < 1.29 is 10.1 Å². The van der Waals surface area contributed by atoms with Crippen LogP contribution < -0.4 is 10.6 Å². The highest BCUT2D eigenvalue weighted by Gasteiger charge is 2.20. The number of rotatable bonds is 5. The summed E-state index contributed by atoms with van der Waals surface area (Å²) < 4.78 is 0. The van der Waals surface area contributed by atoms with Crippen molar-refractivity contribution in [3.8, 4) is 0 Å². The van der Waals surface area contributed by atoms with Crippen LogP contribution in [-0.2, 0) is 4.79 Å². The Morgan fingerprint density at radius 2 is 1.82 bits per heavy atom. The van der Waals surface area contributed by atoms with Gasteiger partial charge < -0.3 is 10.6 Å². The standard InChI is InChI=1S/C18H21ClN2O/c1-12-9-10-16(19)11-17(12)21-18(22)14(3)20-13(2)15-7-5-4-6-8-15/h4-11,13-14,20H,1-3H3,(H,21,22)/p+1/t13-,14-/m0/s1. The van der Waals surface area contributed by atoms with Crippen molar-refractivity contribution in [3.05, 3.63) is 64.7 Å². The highest BCUT2D eigenvalue weighted by atomic mass is 35.5. The first kappa shape index (κ1) is 16.5. The lowest BCUT2D eigenvalue weighted by atomic mass is 10.1. The second-order valence-electron chi connectivity index (χ2n) is 5.63. The maximum absolute atomic E-state index is 12.4. The second kappa shape index (κ2) is 7.43. The molecule has 2 aromatic rings. The lowest BCUT2D eigenvalue weighted by Gasteiger charge is -2.17. The Morgan fingerprint density at radius 1 is 1.14 bits per heavy atom. The molecule has 0 aliphatic rings. The molecule has 0 spiro atoms. The summed E-state index contributed by atoms with van der Waals surface area (Å²) in [6.07, 6.45) is 0. The minimum atomic E-state index is -0.186. The Kier molecular flexibility index (Phi) is 5.58. The fourth-order valence-electron chi connectivity index (χ4n) is 2.36. The molecule has 0 unspecified atom stereocenters. The van der Waals surface area contributed by atoms with Crippen LogP contribution in [0.1, 0.15) is 31.0 Å². The average Bonchev–Trinajstić information content (AvgIpc) is 2.51. The summed E-state index contributed by atoms with van der Waals surface area (Å²) in [5.41, 5.74) is 2.98.